The van der Waals surface area contributed by atoms with Crippen molar-refractivity contribution in [3.8, 4) is 0 Å². The van der Waals surface area contributed by atoms with E-state index < -0.39 is 0 Å². The summed E-state index contributed by atoms with van der Waals surface area (Å²) in [5.74, 6) is 2.00. The molecule has 1 heterocycles. The van der Waals surface area contributed by atoms with Crippen LogP contribution in [-0.4, -0.2) is 36.6 Å². The van der Waals surface area contributed by atoms with E-state index in [4.69, 9.17) is 0 Å². The summed E-state index contributed by atoms with van der Waals surface area (Å²) in [6.45, 7) is 0.798. The molecule has 1 saturated heterocycles. The van der Waals surface area contributed by atoms with E-state index in [0.29, 0.717) is 6.04 Å². The molecule has 3 fully saturated rings. The number of hydrogen-bond donors (Lipinski definition) is 2. The average Bonchev–Trinajstić information content (AvgIpc) is 2.72. The fourth-order valence-electron chi connectivity index (χ4n) is 2.97. The number of amides is 1. The Kier molecular flexibility index (Phi) is 1.82. The molecule has 0 aromatic heterocycles. The zero-order chi connectivity index (χ0) is 9.71. The minimum atomic E-state index is 0.0179. The lowest BCUT2D eigenvalue weighted by Crippen LogP contribution is -2.44. The Morgan fingerprint density at radius 3 is 2.86 bits per heavy atom. The summed E-state index contributed by atoms with van der Waals surface area (Å²) in [4.78, 5) is 11.5. The first-order chi connectivity index (χ1) is 6.74. The van der Waals surface area contributed by atoms with Gasteiger partial charge in [-0.15, -0.1) is 0 Å². The van der Waals surface area contributed by atoms with E-state index in [1.807, 2.05) is 12.1 Å². The summed E-state index contributed by atoms with van der Waals surface area (Å²) in [6, 6.07) is 0.631. The largest absolute Gasteiger partial charge is 0.302 e. The van der Waals surface area contributed by atoms with Gasteiger partial charge < -0.3 is 5.32 Å². The van der Waals surface area contributed by atoms with Crippen molar-refractivity contribution in [3.05, 3.63) is 0 Å². The molecule has 2 aliphatic carbocycles. The maximum Gasteiger partial charge on any atom is 0.252 e. The number of nitrogens with zero attached hydrogens (tertiary/aromatic N) is 1. The first kappa shape index (κ1) is 8.68. The Bertz CT molecular complexity index is 268. The molecule has 2 saturated carbocycles. The van der Waals surface area contributed by atoms with Crippen LogP contribution in [0.4, 0.5) is 0 Å². The van der Waals surface area contributed by atoms with Crippen LogP contribution in [0.15, 0.2) is 0 Å². The molecule has 0 aromatic carbocycles. The van der Waals surface area contributed by atoms with Gasteiger partial charge in [0.2, 0.25) is 0 Å². The number of fused-ring (bicyclic) bond motifs is 1. The topological polar surface area (TPSA) is 44.4 Å². The second kappa shape index (κ2) is 2.94. The van der Waals surface area contributed by atoms with Crippen molar-refractivity contribution in [2.75, 3.05) is 13.6 Å². The third-order valence-electron chi connectivity index (χ3n) is 3.83. The molecule has 0 radical (unpaired) electrons. The van der Waals surface area contributed by atoms with Crippen LogP contribution in [0.1, 0.15) is 19.3 Å². The number of hydrogen-bond acceptors (Lipinski definition) is 3. The molecule has 3 rings (SSSR count). The molecular formula is C10H17N3O. The second-order valence-corrected chi connectivity index (χ2v) is 4.92. The Labute approximate surface area is 84.0 Å². The van der Waals surface area contributed by atoms with Crippen molar-refractivity contribution < 1.29 is 4.79 Å². The fraction of sp³-hybridized carbons (Fsp3) is 0.900. The van der Waals surface area contributed by atoms with Crippen LogP contribution in [0.2, 0.25) is 0 Å². The molecule has 4 heteroatoms. The number of rotatable bonds is 2. The Balaban J connectivity index is 1.59. The number of nitrogens with one attached hydrogen (secondary N) is 2. The fourth-order valence-corrected chi connectivity index (χ4v) is 2.97. The molecular weight excluding hydrogens is 178 g/mol. The zero-order valence-electron chi connectivity index (χ0n) is 8.49. The summed E-state index contributed by atoms with van der Waals surface area (Å²) >= 11 is 0. The maximum absolute atomic E-state index is 11.5. The van der Waals surface area contributed by atoms with Crippen molar-refractivity contribution in [2.24, 2.45) is 11.8 Å². The molecule has 1 amide bonds. The van der Waals surface area contributed by atoms with Crippen LogP contribution in [0.3, 0.4) is 0 Å². The van der Waals surface area contributed by atoms with Gasteiger partial charge in [-0.05, 0) is 31.1 Å². The van der Waals surface area contributed by atoms with Gasteiger partial charge in [-0.1, -0.05) is 0 Å². The molecule has 14 heavy (non-hydrogen) atoms. The molecule has 0 aromatic rings. The van der Waals surface area contributed by atoms with Gasteiger partial charge in [0.1, 0.15) is 6.04 Å². The molecule has 4 nitrogen and oxygen atoms in total. The number of carbonyl (C=O) groups excluding carboxylic acids is 1. The normalized spacial score (nSPS) is 46.5. The third-order valence-corrected chi connectivity index (χ3v) is 3.83. The predicted octanol–water partition coefficient (Wildman–Crippen LogP) is -0.280. The second-order valence-electron chi connectivity index (χ2n) is 4.92. The van der Waals surface area contributed by atoms with Crippen LogP contribution in [0.5, 0.6) is 0 Å². The van der Waals surface area contributed by atoms with Crippen LogP contribution >= 0.6 is 0 Å². The summed E-state index contributed by atoms with van der Waals surface area (Å²) < 4.78 is 0. The van der Waals surface area contributed by atoms with Gasteiger partial charge in [0.25, 0.3) is 5.91 Å². The Morgan fingerprint density at radius 2 is 2.36 bits per heavy atom. The van der Waals surface area contributed by atoms with Crippen molar-refractivity contribution in [2.45, 2.75) is 31.3 Å². The van der Waals surface area contributed by atoms with Gasteiger partial charge in [-0.3, -0.25) is 10.2 Å². The molecule has 0 bridgehead atoms. The summed E-state index contributed by atoms with van der Waals surface area (Å²) in [6.07, 6.45) is 4.02. The van der Waals surface area contributed by atoms with Crippen molar-refractivity contribution in [1.29, 1.82) is 0 Å². The highest BCUT2D eigenvalue weighted by atomic mass is 16.2. The summed E-state index contributed by atoms with van der Waals surface area (Å²) in [5, 5.41) is 5.36. The van der Waals surface area contributed by atoms with Crippen molar-refractivity contribution in [3.63, 3.8) is 0 Å². The van der Waals surface area contributed by atoms with Crippen LogP contribution in [0.25, 0.3) is 0 Å². The average molecular weight is 195 g/mol. The molecule has 3 aliphatic rings. The van der Waals surface area contributed by atoms with E-state index in [2.05, 4.69) is 10.7 Å². The van der Waals surface area contributed by atoms with Crippen molar-refractivity contribution in [1.82, 2.24) is 15.8 Å². The van der Waals surface area contributed by atoms with E-state index in [0.717, 1.165) is 18.4 Å². The monoisotopic (exact) mass is 195 g/mol. The molecule has 0 spiro atoms. The third kappa shape index (κ3) is 1.33. The smallest absolute Gasteiger partial charge is 0.252 e. The number of hydrazine groups is 1. The SMILES string of the molecule is CN1CC(NC2CC[C@@H]3C[C@H]23)C(=O)N1. The summed E-state index contributed by atoms with van der Waals surface area (Å²) in [5.41, 5.74) is 2.80. The first-order valence-electron chi connectivity index (χ1n) is 5.52. The minimum Gasteiger partial charge on any atom is -0.302 e. The van der Waals surface area contributed by atoms with Crippen molar-refractivity contribution >= 4 is 5.91 Å². The van der Waals surface area contributed by atoms with E-state index in [1.165, 1.54) is 19.3 Å². The molecule has 2 unspecified atom stereocenters. The van der Waals surface area contributed by atoms with E-state index >= 15 is 0 Å². The quantitative estimate of drug-likeness (QED) is 0.637. The summed E-state index contributed by atoms with van der Waals surface area (Å²) in [7, 11) is 1.91. The zero-order valence-corrected chi connectivity index (χ0v) is 8.49. The lowest BCUT2D eigenvalue weighted by Gasteiger charge is -2.17. The van der Waals surface area contributed by atoms with Crippen LogP contribution in [0, 0.1) is 11.8 Å². The van der Waals surface area contributed by atoms with Gasteiger partial charge in [0.15, 0.2) is 0 Å². The highest BCUT2D eigenvalue weighted by Gasteiger charge is 2.49. The molecule has 4 atom stereocenters. The van der Waals surface area contributed by atoms with Gasteiger partial charge in [-0.2, -0.15) is 0 Å². The Morgan fingerprint density at radius 1 is 1.50 bits per heavy atom. The number of carbonyl (C=O) groups is 1. The molecule has 2 N–H and O–H groups in total. The lowest BCUT2D eigenvalue weighted by molar-refractivity contribution is -0.122. The van der Waals surface area contributed by atoms with Crippen LogP contribution in [-0.2, 0) is 4.79 Å². The highest BCUT2D eigenvalue weighted by molar-refractivity contribution is 5.83. The van der Waals surface area contributed by atoms with Gasteiger partial charge >= 0.3 is 0 Å². The van der Waals surface area contributed by atoms with E-state index in [-0.39, 0.29) is 11.9 Å². The van der Waals surface area contributed by atoms with Gasteiger partial charge in [0.05, 0.1) is 0 Å². The predicted molar refractivity (Wildman–Crippen MR) is 52.3 cm³/mol. The first-order valence-corrected chi connectivity index (χ1v) is 5.52. The van der Waals surface area contributed by atoms with Gasteiger partial charge in [-0.25, -0.2) is 5.01 Å². The van der Waals surface area contributed by atoms with Gasteiger partial charge in [0, 0.05) is 19.6 Å². The van der Waals surface area contributed by atoms with E-state index in [1.54, 1.807) is 0 Å². The lowest BCUT2D eigenvalue weighted by atomic mass is 10.1. The highest BCUT2D eigenvalue weighted by Crippen LogP contribution is 2.51. The van der Waals surface area contributed by atoms with Crippen LogP contribution < -0.4 is 10.7 Å². The standard InChI is InChI=1S/C10H17N3O/c1-13-5-9(10(14)12-13)11-8-3-2-6-4-7(6)8/h6-9,11H,2-5H2,1H3,(H,12,14)/t6-,7+,8?,9?/m1/s1. The maximum atomic E-state index is 11.5. The number of likely N-dealkylation sites (N-methyl/N-ethyl adjacent to an activating group) is 1. The minimum absolute atomic E-state index is 0.0179. The van der Waals surface area contributed by atoms with E-state index in [9.17, 15) is 4.79 Å². The Hall–Kier alpha value is -0.610. The molecule has 78 valence electrons. The molecule has 1 aliphatic heterocycles.